The number of hydrogen-bond acceptors (Lipinski definition) is 8. The standard InChI is InChI=1S/C24H32N8O2S/c1-16(2)35(33,34)32-14-24(15-32)8-9-31(13-24)20-12-27-22(25)21(30-20)23-28-11-19(29-23)18-6-4-17(5-7-18)10-26-3/h4-7,11-12,16,26H,8-10,13-15H2,1-3H3,(H2,25,27)(H,28,29). The van der Waals surface area contributed by atoms with Crippen molar-refractivity contribution in [2.24, 2.45) is 5.41 Å². The third-order valence-corrected chi connectivity index (χ3v) is 9.14. The monoisotopic (exact) mass is 496 g/mol. The number of nitrogens with zero attached hydrogens (tertiary/aromatic N) is 5. The molecular formula is C24H32N8O2S. The number of benzene rings is 1. The Hall–Kier alpha value is -3.02. The van der Waals surface area contributed by atoms with Crippen LogP contribution >= 0.6 is 0 Å². The topological polar surface area (TPSA) is 133 Å². The predicted octanol–water partition coefficient (Wildman–Crippen LogP) is 2.09. The average molecular weight is 497 g/mol. The Morgan fingerprint density at radius 1 is 1.14 bits per heavy atom. The smallest absolute Gasteiger partial charge is 0.216 e. The molecule has 3 aromatic rings. The normalized spacial score (nSPS) is 17.9. The van der Waals surface area contributed by atoms with Crippen LogP contribution in [0.1, 0.15) is 25.8 Å². The summed E-state index contributed by atoms with van der Waals surface area (Å²) in [5.41, 5.74) is 9.77. The minimum Gasteiger partial charge on any atom is -0.382 e. The van der Waals surface area contributed by atoms with E-state index in [4.69, 9.17) is 10.7 Å². The summed E-state index contributed by atoms with van der Waals surface area (Å²) in [6.45, 7) is 6.95. The molecule has 11 heteroatoms. The highest BCUT2D eigenvalue weighted by Crippen LogP contribution is 2.42. The van der Waals surface area contributed by atoms with Crippen LogP contribution in [0.25, 0.3) is 22.8 Å². The molecule has 1 aromatic carbocycles. The highest BCUT2D eigenvalue weighted by atomic mass is 32.2. The Bertz CT molecular complexity index is 1310. The van der Waals surface area contributed by atoms with E-state index < -0.39 is 15.3 Å². The van der Waals surface area contributed by atoms with Crippen molar-refractivity contribution in [3.05, 3.63) is 42.2 Å². The van der Waals surface area contributed by atoms with E-state index in [1.807, 2.05) is 7.05 Å². The van der Waals surface area contributed by atoms with E-state index in [2.05, 4.69) is 49.4 Å². The fraction of sp³-hybridized carbons (Fsp3) is 0.458. The molecule has 10 nitrogen and oxygen atoms in total. The van der Waals surface area contributed by atoms with Crippen molar-refractivity contribution in [2.75, 3.05) is 43.9 Å². The van der Waals surface area contributed by atoms with Crippen LogP contribution in [-0.2, 0) is 16.6 Å². The molecule has 1 spiro atoms. The number of nitrogen functional groups attached to an aromatic ring is 1. The van der Waals surface area contributed by atoms with Gasteiger partial charge in [0.1, 0.15) is 5.82 Å². The van der Waals surface area contributed by atoms with Gasteiger partial charge in [0.25, 0.3) is 0 Å². The molecule has 35 heavy (non-hydrogen) atoms. The summed E-state index contributed by atoms with van der Waals surface area (Å²) in [6, 6.07) is 8.28. The van der Waals surface area contributed by atoms with Crippen molar-refractivity contribution in [3.63, 3.8) is 0 Å². The molecule has 2 aromatic heterocycles. The maximum absolute atomic E-state index is 12.5. The zero-order valence-electron chi connectivity index (χ0n) is 20.3. The summed E-state index contributed by atoms with van der Waals surface area (Å²) in [5, 5.41) is 2.75. The lowest BCUT2D eigenvalue weighted by molar-refractivity contribution is 0.0928. The third-order valence-electron chi connectivity index (χ3n) is 6.98. The van der Waals surface area contributed by atoms with Gasteiger partial charge in [-0.2, -0.15) is 0 Å². The van der Waals surface area contributed by atoms with E-state index in [1.54, 1.807) is 30.5 Å². The summed E-state index contributed by atoms with van der Waals surface area (Å²) in [4.78, 5) is 19.2. The fourth-order valence-corrected chi connectivity index (χ4v) is 6.38. The molecule has 0 saturated carbocycles. The maximum Gasteiger partial charge on any atom is 0.216 e. The number of sulfonamides is 1. The Morgan fingerprint density at radius 3 is 2.57 bits per heavy atom. The van der Waals surface area contributed by atoms with E-state index in [1.165, 1.54) is 5.56 Å². The highest BCUT2D eigenvalue weighted by Gasteiger charge is 2.52. The molecule has 4 heterocycles. The van der Waals surface area contributed by atoms with Crippen molar-refractivity contribution in [2.45, 2.75) is 32.1 Å². The van der Waals surface area contributed by atoms with Gasteiger partial charge < -0.3 is 20.9 Å². The number of nitrogens with two attached hydrogens (primary N) is 1. The predicted molar refractivity (Wildman–Crippen MR) is 137 cm³/mol. The van der Waals surface area contributed by atoms with Crippen molar-refractivity contribution >= 4 is 21.7 Å². The van der Waals surface area contributed by atoms with Gasteiger partial charge in [0.15, 0.2) is 17.3 Å². The van der Waals surface area contributed by atoms with E-state index in [9.17, 15) is 8.42 Å². The van der Waals surface area contributed by atoms with Crippen LogP contribution in [0.3, 0.4) is 0 Å². The van der Waals surface area contributed by atoms with Gasteiger partial charge in [-0.3, -0.25) is 0 Å². The van der Waals surface area contributed by atoms with Crippen LogP contribution in [0.5, 0.6) is 0 Å². The van der Waals surface area contributed by atoms with Crippen LogP contribution in [0, 0.1) is 5.41 Å². The number of rotatable bonds is 7. The second kappa shape index (κ2) is 8.89. The molecule has 5 rings (SSSR count). The molecular weight excluding hydrogens is 464 g/mol. The highest BCUT2D eigenvalue weighted by molar-refractivity contribution is 7.89. The Morgan fingerprint density at radius 2 is 1.89 bits per heavy atom. The van der Waals surface area contributed by atoms with Gasteiger partial charge in [-0.15, -0.1) is 0 Å². The molecule has 2 aliphatic rings. The van der Waals surface area contributed by atoms with E-state index in [0.29, 0.717) is 30.4 Å². The molecule has 4 N–H and O–H groups in total. The third kappa shape index (κ3) is 4.39. The van der Waals surface area contributed by atoms with E-state index >= 15 is 0 Å². The number of anilines is 2. The Balaban J connectivity index is 1.32. The quantitative estimate of drug-likeness (QED) is 0.453. The van der Waals surface area contributed by atoms with Crippen LogP contribution in [-0.4, -0.2) is 71.1 Å². The zero-order chi connectivity index (χ0) is 24.8. The summed E-state index contributed by atoms with van der Waals surface area (Å²) in [6.07, 6.45) is 4.38. The van der Waals surface area contributed by atoms with Crippen molar-refractivity contribution in [3.8, 4) is 22.8 Å². The van der Waals surface area contributed by atoms with E-state index in [-0.39, 0.29) is 5.41 Å². The SMILES string of the molecule is CNCc1ccc(-c2cnc(-c3nc(N4CCC5(C4)CN(S(=O)(=O)C(C)C)C5)cnc3N)[nH]2)cc1. The Kier molecular flexibility index (Phi) is 6.02. The minimum atomic E-state index is -3.21. The first kappa shape index (κ1) is 23.7. The van der Waals surface area contributed by atoms with Gasteiger partial charge >= 0.3 is 0 Å². The first-order valence-corrected chi connectivity index (χ1v) is 13.4. The van der Waals surface area contributed by atoms with Gasteiger partial charge in [0.05, 0.1) is 23.3 Å². The fourth-order valence-electron chi connectivity index (χ4n) is 4.88. The summed E-state index contributed by atoms with van der Waals surface area (Å²) >= 11 is 0. The molecule has 2 aliphatic heterocycles. The number of aromatic amines is 1. The van der Waals surface area contributed by atoms with Crippen LogP contribution in [0.2, 0.25) is 0 Å². The van der Waals surface area contributed by atoms with Gasteiger partial charge in [0, 0.05) is 38.1 Å². The summed E-state index contributed by atoms with van der Waals surface area (Å²) in [5.74, 6) is 1.61. The molecule has 0 unspecified atom stereocenters. The number of hydrogen-bond donors (Lipinski definition) is 3. The first-order chi connectivity index (χ1) is 16.7. The first-order valence-electron chi connectivity index (χ1n) is 11.9. The van der Waals surface area contributed by atoms with Crippen LogP contribution in [0.4, 0.5) is 11.6 Å². The molecule has 0 aliphatic carbocycles. The summed E-state index contributed by atoms with van der Waals surface area (Å²) < 4.78 is 26.5. The number of imidazole rings is 1. The molecule has 0 amide bonds. The van der Waals surface area contributed by atoms with Crippen LogP contribution < -0.4 is 16.0 Å². The lowest BCUT2D eigenvalue weighted by atomic mass is 9.81. The van der Waals surface area contributed by atoms with Crippen molar-refractivity contribution < 1.29 is 8.42 Å². The van der Waals surface area contributed by atoms with Crippen molar-refractivity contribution in [1.82, 2.24) is 29.6 Å². The summed E-state index contributed by atoms with van der Waals surface area (Å²) in [7, 11) is -1.28. The molecule has 0 bridgehead atoms. The molecule has 2 saturated heterocycles. The molecule has 0 atom stereocenters. The van der Waals surface area contributed by atoms with Gasteiger partial charge in [-0.1, -0.05) is 24.3 Å². The molecule has 0 radical (unpaired) electrons. The zero-order valence-corrected chi connectivity index (χ0v) is 21.1. The lowest BCUT2D eigenvalue weighted by Crippen LogP contribution is -2.60. The second-order valence-corrected chi connectivity index (χ2v) is 12.4. The van der Waals surface area contributed by atoms with Gasteiger partial charge in [-0.05, 0) is 38.4 Å². The maximum atomic E-state index is 12.5. The average Bonchev–Trinajstić information content (AvgIpc) is 3.47. The van der Waals surface area contributed by atoms with Gasteiger partial charge in [-0.25, -0.2) is 27.7 Å². The second-order valence-electron chi connectivity index (χ2n) is 9.87. The molecule has 2 fully saturated rings. The van der Waals surface area contributed by atoms with Crippen LogP contribution in [0.15, 0.2) is 36.7 Å². The largest absolute Gasteiger partial charge is 0.382 e. The number of H-pyrrole nitrogens is 1. The minimum absolute atomic E-state index is 0.0253. The van der Waals surface area contributed by atoms with Gasteiger partial charge in [0.2, 0.25) is 10.0 Å². The van der Waals surface area contributed by atoms with E-state index in [0.717, 1.165) is 43.1 Å². The lowest BCUT2D eigenvalue weighted by Gasteiger charge is -2.47. The molecule has 186 valence electrons. The number of nitrogens with one attached hydrogen (secondary N) is 2. The van der Waals surface area contributed by atoms with Crippen molar-refractivity contribution in [1.29, 1.82) is 0 Å². The Labute approximate surface area is 206 Å². The number of aromatic nitrogens is 4.